The van der Waals surface area contributed by atoms with E-state index >= 15 is 0 Å². The number of nitrogens with one attached hydrogen (secondary N) is 1. The van der Waals surface area contributed by atoms with Crippen molar-refractivity contribution in [2.24, 2.45) is 0 Å². The summed E-state index contributed by atoms with van der Waals surface area (Å²) in [6, 6.07) is 6.84. The van der Waals surface area contributed by atoms with E-state index in [2.05, 4.69) is 5.32 Å². The topological polar surface area (TPSA) is 110 Å². The molecule has 194 valence electrons. The van der Waals surface area contributed by atoms with Gasteiger partial charge >= 0.3 is 6.09 Å². The molecule has 0 fully saturated rings. The van der Waals surface area contributed by atoms with Gasteiger partial charge in [-0.25, -0.2) is 13.2 Å². The van der Waals surface area contributed by atoms with Crippen LogP contribution >= 0.6 is 23.2 Å². The number of carbonyl (C=O) groups is 3. The van der Waals surface area contributed by atoms with E-state index in [1.807, 2.05) is 0 Å². The van der Waals surface area contributed by atoms with E-state index in [-0.39, 0.29) is 33.5 Å². The number of amides is 2. The van der Waals surface area contributed by atoms with Gasteiger partial charge in [-0.3, -0.25) is 4.79 Å². The van der Waals surface area contributed by atoms with Crippen molar-refractivity contribution in [1.29, 1.82) is 0 Å². The fourth-order valence-electron chi connectivity index (χ4n) is 3.87. The maximum Gasteiger partial charge on any atom is 0.410 e. The lowest BCUT2D eigenvalue weighted by molar-refractivity contribution is -0.109. The molecule has 2 aromatic carbocycles. The smallest absolute Gasteiger partial charge is 0.410 e. The van der Waals surface area contributed by atoms with Crippen molar-refractivity contribution < 1.29 is 27.5 Å². The van der Waals surface area contributed by atoms with Crippen molar-refractivity contribution in [2.75, 3.05) is 12.8 Å². The van der Waals surface area contributed by atoms with Gasteiger partial charge in [0.15, 0.2) is 9.84 Å². The minimum atomic E-state index is -3.42. The van der Waals surface area contributed by atoms with Gasteiger partial charge in [0.2, 0.25) is 0 Å². The normalized spacial score (nSPS) is 14.6. The van der Waals surface area contributed by atoms with Crippen LogP contribution in [0.3, 0.4) is 0 Å². The number of halogens is 2. The van der Waals surface area contributed by atoms with E-state index < -0.39 is 33.5 Å². The number of hydrogen-bond acceptors (Lipinski definition) is 6. The van der Waals surface area contributed by atoms with E-state index in [0.29, 0.717) is 35.9 Å². The molecule has 2 aromatic rings. The molecular formula is C25H28Cl2N2O6S. The van der Waals surface area contributed by atoms with Gasteiger partial charge in [-0.2, -0.15) is 0 Å². The second kappa shape index (κ2) is 10.8. The number of nitrogens with zero attached hydrogens (tertiary/aromatic N) is 1. The van der Waals surface area contributed by atoms with Crippen molar-refractivity contribution in [1.82, 2.24) is 10.2 Å². The molecule has 1 aliphatic rings. The first kappa shape index (κ1) is 28.0. The quantitative estimate of drug-likeness (QED) is 0.535. The largest absolute Gasteiger partial charge is 0.444 e. The molecule has 0 spiro atoms. The molecule has 36 heavy (non-hydrogen) atoms. The zero-order valence-electron chi connectivity index (χ0n) is 20.4. The van der Waals surface area contributed by atoms with Gasteiger partial charge in [0.05, 0.1) is 26.5 Å². The molecule has 1 atom stereocenters. The molecule has 1 aliphatic heterocycles. The predicted molar refractivity (Wildman–Crippen MR) is 137 cm³/mol. The van der Waals surface area contributed by atoms with Crippen LogP contribution in [0.5, 0.6) is 0 Å². The average Bonchev–Trinajstić information content (AvgIpc) is 2.76. The molecule has 0 aliphatic carbocycles. The standard InChI is InChI=1S/C25H28Cl2N2O6S/c1-25(2,3)35-24(32)29-9-8-19-16(13-29)12-20(26)21(22(19)27)23(31)28-17(14-30)10-15-6-5-7-18(11-15)36(4,33)34/h5-7,11-12,14,17H,8-10,13H2,1-4H3,(H,28,31). The third kappa shape index (κ3) is 6.78. The first-order chi connectivity index (χ1) is 16.7. The molecule has 0 radical (unpaired) electrons. The second-order valence-electron chi connectivity index (χ2n) is 9.68. The van der Waals surface area contributed by atoms with E-state index in [0.717, 1.165) is 6.26 Å². The highest BCUT2D eigenvalue weighted by atomic mass is 35.5. The number of ether oxygens (including phenoxy) is 1. The summed E-state index contributed by atoms with van der Waals surface area (Å²) in [4.78, 5) is 38.9. The van der Waals surface area contributed by atoms with Crippen LogP contribution in [-0.4, -0.2) is 56.0 Å². The van der Waals surface area contributed by atoms with E-state index in [1.54, 1.807) is 43.9 Å². The Bertz CT molecular complexity index is 1300. The molecule has 0 saturated carbocycles. The first-order valence-electron chi connectivity index (χ1n) is 11.2. The number of hydrogen-bond donors (Lipinski definition) is 1. The minimum absolute atomic E-state index is 0.0412. The van der Waals surface area contributed by atoms with Crippen molar-refractivity contribution in [2.45, 2.75) is 56.7 Å². The van der Waals surface area contributed by atoms with Crippen LogP contribution in [0.4, 0.5) is 4.79 Å². The number of sulfone groups is 1. The summed E-state index contributed by atoms with van der Waals surface area (Å²) < 4.78 is 29.1. The summed E-state index contributed by atoms with van der Waals surface area (Å²) in [6.07, 6.45) is 1.71. The molecule has 0 aromatic heterocycles. The van der Waals surface area contributed by atoms with Crippen LogP contribution in [0.1, 0.15) is 47.8 Å². The first-order valence-corrected chi connectivity index (χ1v) is 13.9. The predicted octanol–water partition coefficient (Wildman–Crippen LogP) is 4.23. The maximum absolute atomic E-state index is 13.1. The lowest BCUT2D eigenvalue weighted by Gasteiger charge is -2.32. The fraction of sp³-hybridized carbons (Fsp3) is 0.400. The lowest BCUT2D eigenvalue weighted by Crippen LogP contribution is -2.40. The Balaban J connectivity index is 1.78. The van der Waals surface area contributed by atoms with Gasteiger partial charge in [0.1, 0.15) is 11.9 Å². The van der Waals surface area contributed by atoms with Crippen LogP contribution in [0, 0.1) is 0 Å². The molecule has 1 heterocycles. The monoisotopic (exact) mass is 554 g/mol. The molecular weight excluding hydrogens is 527 g/mol. The minimum Gasteiger partial charge on any atom is -0.444 e. The van der Waals surface area contributed by atoms with Crippen LogP contribution in [0.25, 0.3) is 0 Å². The average molecular weight is 555 g/mol. The molecule has 3 rings (SSSR count). The summed E-state index contributed by atoms with van der Waals surface area (Å²) >= 11 is 13.0. The Kier molecular flexibility index (Phi) is 8.37. The van der Waals surface area contributed by atoms with Gasteiger partial charge in [0.25, 0.3) is 5.91 Å². The van der Waals surface area contributed by atoms with Gasteiger partial charge < -0.3 is 19.7 Å². The van der Waals surface area contributed by atoms with Crippen LogP contribution in [0.2, 0.25) is 10.0 Å². The molecule has 2 amide bonds. The van der Waals surface area contributed by atoms with E-state index in [9.17, 15) is 22.8 Å². The number of rotatable bonds is 6. The van der Waals surface area contributed by atoms with Crippen molar-refractivity contribution in [3.05, 3.63) is 62.6 Å². The fourth-order valence-corrected chi connectivity index (χ4v) is 5.33. The number of carbonyl (C=O) groups excluding carboxylic acids is 3. The Morgan fingerprint density at radius 2 is 1.92 bits per heavy atom. The van der Waals surface area contributed by atoms with Gasteiger partial charge in [-0.05, 0) is 68.5 Å². The maximum atomic E-state index is 13.1. The third-order valence-electron chi connectivity index (χ3n) is 5.55. The molecule has 0 bridgehead atoms. The summed E-state index contributed by atoms with van der Waals surface area (Å²) in [5.41, 5.74) is 1.40. The highest BCUT2D eigenvalue weighted by molar-refractivity contribution is 7.90. The highest BCUT2D eigenvalue weighted by Crippen LogP contribution is 2.35. The van der Waals surface area contributed by atoms with Crippen LogP contribution in [-0.2, 0) is 38.8 Å². The second-order valence-corrected chi connectivity index (χ2v) is 12.5. The van der Waals surface area contributed by atoms with Gasteiger partial charge in [-0.1, -0.05) is 35.3 Å². The van der Waals surface area contributed by atoms with E-state index in [1.165, 1.54) is 12.1 Å². The number of aldehydes is 1. The Labute approximate surface area is 220 Å². The summed E-state index contributed by atoms with van der Waals surface area (Å²) in [5.74, 6) is -0.626. The zero-order chi connectivity index (χ0) is 26.8. The third-order valence-corrected chi connectivity index (χ3v) is 7.37. The molecule has 0 saturated heterocycles. The Morgan fingerprint density at radius 1 is 1.22 bits per heavy atom. The number of fused-ring (bicyclic) bond motifs is 1. The number of benzene rings is 2. The van der Waals surface area contributed by atoms with Crippen LogP contribution < -0.4 is 5.32 Å². The van der Waals surface area contributed by atoms with Crippen molar-refractivity contribution in [3.63, 3.8) is 0 Å². The zero-order valence-corrected chi connectivity index (χ0v) is 22.8. The highest BCUT2D eigenvalue weighted by Gasteiger charge is 2.30. The molecule has 1 unspecified atom stereocenters. The van der Waals surface area contributed by atoms with Crippen molar-refractivity contribution >= 4 is 51.3 Å². The molecule has 11 heteroatoms. The van der Waals surface area contributed by atoms with E-state index in [4.69, 9.17) is 27.9 Å². The van der Waals surface area contributed by atoms with Crippen molar-refractivity contribution in [3.8, 4) is 0 Å². The van der Waals surface area contributed by atoms with Gasteiger partial charge in [-0.15, -0.1) is 0 Å². The summed E-state index contributed by atoms with van der Waals surface area (Å²) in [5, 5.41) is 2.88. The summed E-state index contributed by atoms with van der Waals surface area (Å²) in [7, 11) is -3.42. The molecule has 1 N–H and O–H groups in total. The molecule has 8 nitrogen and oxygen atoms in total. The Hall–Kier alpha value is -2.62. The Morgan fingerprint density at radius 3 is 2.53 bits per heavy atom. The van der Waals surface area contributed by atoms with Gasteiger partial charge in [0, 0.05) is 19.3 Å². The van der Waals surface area contributed by atoms with Crippen LogP contribution in [0.15, 0.2) is 35.2 Å². The SMILES string of the molecule is CC(C)(C)OC(=O)N1CCc2c(cc(Cl)c(C(=O)NC(C=O)Cc3cccc(S(C)(=O)=O)c3)c2Cl)C1. The summed E-state index contributed by atoms with van der Waals surface area (Å²) in [6.45, 7) is 5.96. The lowest BCUT2D eigenvalue weighted by atomic mass is 9.96.